The molecule has 1 aliphatic heterocycles. The lowest BCUT2D eigenvalue weighted by Crippen LogP contribution is -2.46. The molecule has 1 aliphatic rings. The van der Waals surface area contributed by atoms with E-state index in [9.17, 15) is 13.2 Å². The lowest BCUT2D eigenvalue weighted by Gasteiger charge is -2.36. The number of hydrogen-bond donors (Lipinski definition) is 0. The number of benzene rings is 2. The fraction of sp³-hybridized carbons (Fsp3) is 0.400. The van der Waals surface area contributed by atoms with E-state index in [1.807, 2.05) is 18.3 Å². The molecular formula is C25H27F3N3O. The average molecular weight is 443 g/mol. The van der Waals surface area contributed by atoms with Crippen LogP contribution in [0.2, 0.25) is 0 Å². The van der Waals surface area contributed by atoms with Crippen LogP contribution in [0.5, 0.6) is 5.75 Å². The number of hydrogen-bond acceptors (Lipinski definition) is 4. The molecule has 1 radical (unpaired) electrons. The number of aryl methyl sites for hydroxylation is 1. The Hall–Kier alpha value is -2.80. The molecule has 7 heteroatoms. The number of ether oxygens (including phenoxy) is 1. The lowest BCUT2D eigenvalue weighted by atomic mass is 10.1. The number of piperazine rings is 1. The van der Waals surface area contributed by atoms with E-state index in [2.05, 4.69) is 37.7 Å². The molecule has 0 spiro atoms. The van der Waals surface area contributed by atoms with Crippen molar-refractivity contribution in [2.75, 3.05) is 37.6 Å². The van der Waals surface area contributed by atoms with Gasteiger partial charge >= 0.3 is 6.36 Å². The first-order valence-electron chi connectivity index (χ1n) is 11.0. The number of nitrogens with zero attached hydrogens (tertiary/aromatic N) is 3. The maximum atomic E-state index is 12.2. The smallest absolute Gasteiger partial charge is 0.406 e. The summed E-state index contributed by atoms with van der Waals surface area (Å²) in [6.07, 6.45) is 1.30. The summed E-state index contributed by atoms with van der Waals surface area (Å²) >= 11 is 0. The van der Waals surface area contributed by atoms with Crippen LogP contribution < -0.4 is 9.64 Å². The van der Waals surface area contributed by atoms with Gasteiger partial charge in [-0.05, 0) is 61.7 Å². The van der Waals surface area contributed by atoms with Gasteiger partial charge in [0.2, 0.25) is 0 Å². The Kier molecular flexibility index (Phi) is 7.15. The molecule has 0 bridgehead atoms. The molecule has 1 saturated heterocycles. The van der Waals surface area contributed by atoms with Crippen LogP contribution in [0.4, 0.5) is 18.9 Å². The minimum atomic E-state index is -4.64. The maximum absolute atomic E-state index is 12.2. The Morgan fingerprint density at radius 2 is 1.75 bits per heavy atom. The molecule has 1 fully saturated rings. The predicted molar refractivity (Wildman–Crippen MR) is 120 cm³/mol. The second kappa shape index (κ2) is 10.2. The van der Waals surface area contributed by atoms with Crippen LogP contribution >= 0.6 is 0 Å². The number of aromatic nitrogens is 1. The Balaban J connectivity index is 1.13. The highest BCUT2D eigenvalue weighted by Crippen LogP contribution is 2.24. The topological polar surface area (TPSA) is 28.6 Å². The van der Waals surface area contributed by atoms with Crippen molar-refractivity contribution in [3.05, 3.63) is 66.4 Å². The molecule has 0 atom stereocenters. The highest BCUT2D eigenvalue weighted by molar-refractivity contribution is 5.81. The number of rotatable bonds is 8. The summed E-state index contributed by atoms with van der Waals surface area (Å²) < 4.78 is 40.5. The first-order valence-corrected chi connectivity index (χ1v) is 11.0. The zero-order valence-electron chi connectivity index (χ0n) is 17.9. The fourth-order valence-electron chi connectivity index (χ4n) is 4.09. The predicted octanol–water partition coefficient (Wildman–Crippen LogP) is 5.47. The van der Waals surface area contributed by atoms with E-state index in [-0.39, 0.29) is 5.75 Å². The molecule has 0 saturated carbocycles. The van der Waals surface area contributed by atoms with E-state index < -0.39 is 6.36 Å². The number of pyridine rings is 1. The molecule has 0 aliphatic carbocycles. The largest absolute Gasteiger partial charge is 0.573 e. The van der Waals surface area contributed by atoms with Gasteiger partial charge in [0.05, 0.1) is 5.52 Å². The standard InChI is InChI=1S/C25H27F3N3O/c26-25(27,28)32-23-11-7-20(8-12-23)5-2-1-3-14-30-15-17-31(18-16-30)22-10-9-21-6-4-13-29-24(21)19-22/h4,6-9,11-13,19H,1-3,5,14-18H2. The van der Waals surface area contributed by atoms with Crippen LogP contribution in [0.15, 0.2) is 54.7 Å². The van der Waals surface area contributed by atoms with Gasteiger partial charge in [0.15, 0.2) is 0 Å². The third-order valence-electron chi connectivity index (χ3n) is 5.83. The van der Waals surface area contributed by atoms with E-state index in [4.69, 9.17) is 0 Å². The van der Waals surface area contributed by atoms with Gasteiger partial charge in [-0.15, -0.1) is 13.2 Å². The normalized spacial score (nSPS) is 15.3. The van der Waals surface area contributed by atoms with Crippen molar-refractivity contribution in [2.24, 2.45) is 0 Å². The molecule has 0 amide bonds. The summed E-state index contributed by atoms with van der Waals surface area (Å²) in [6, 6.07) is 17.7. The minimum absolute atomic E-state index is 0.169. The van der Waals surface area contributed by atoms with Gasteiger partial charge in [-0.3, -0.25) is 9.88 Å². The van der Waals surface area contributed by atoms with Crippen molar-refractivity contribution < 1.29 is 17.9 Å². The Labute approximate surface area is 186 Å². The quantitative estimate of drug-likeness (QED) is 0.433. The maximum Gasteiger partial charge on any atom is 0.573 e. The monoisotopic (exact) mass is 442 g/mol. The number of fused-ring (bicyclic) bond motifs is 1. The van der Waals surface area contributed by atoms with E-state index in [1.165, 1.54) is 12.1 Å². The van der Waals surface area contributed by atoms with Crippen molar-refractivity contribution in [3.8, 4) is 5.75 Å². The van der Waals surface area contributed by atoms with Gasteiger partial charge in [0.1, 0.15) is 5.75 Å². The van der Waals surface area contributed by atoms with Crippen LogP contribution in [0.1, 0.15) is 24.8 Å². The molecule has 4 rings (SSSR count). The second-order valence-electron chi connectivity index (χ2n) is 8.13. The van der Waals surface area contributed by atoms with Crippen molar-refractivity contribution in [1.29, 1.82) is 0 Å². The van der Waals surface area contributed by atoms with Crippen molar-refractivity contribution in [2.45, 2.75) is 32.0 Å². The van der Waals surface area contributed by atoms with Crippen LogP contribution in [-0.2, 0) is 6.42 Å². The molecule has 3 aromatic rings. The Morgan fingerprint density at radius 3 is 2.50 bits per heavy atom. The third-order valence-corrected chi connectivity index (χ3v) is 5.83. The zero-order chi connectivity index (χ0) is 22.4. The van der Waals surface area contributed by atoms with E-state index >= 15 is 0 Å². The van der Waals surface area contributed by atoms with Gasteiger partial charge in [0.25, 0.3) is 0 Å². The van der Waals surface area contributed by atoms with E-state index in [0.717, 1.165) is 80.6 Å². The molecule has 2 aromatic carbocycles. The second-order valence-corrected chi connectivity index (χ2v) is 8.13. The number of unbranched alkanes of at least 4 members (excludes halogenated alkanes) is 2. The number of anilines is 1. The summed E-state index contributed by atoms with van der Waals surface area (Å²) in [4.78, 5) is 9.31. The molecule has 0 N–H and O–H groups in total. The molecule has 32 heavy (non-hydrogen) atoms. The zero-order valence-corrected chi connectivity index (χ0v) is 17.9. The molecule has 0 unspecified atom stereocenters. The van der Waals surface area contributed by atoms with Crippen LogP contribution in [-0.4, -0.2) is 49.0 Å². The Morgan fingerprint density at radius 1 is 0.969 bits per heavy atom. The Bertz CT molecular complexity index is 999. The highest BCUT2D eigenvalue weighted by atomic mass is 19.4. The lowest BCUT2D eigenvalue weighted by molar-refractivity contribution is -0.274. The van der Waals surface area contributed by atoms with Gasteiger partial charge in [-0.2, -0.15) is 0 Å². The van der Waals surface area contributed by atoms with Crippen LogP contribution in [0, 0.1) is 6.07 Å². The highest BCUT2D eigenvalue weighted by Gasteiger charge is 2.30. The minimum Gasteiger partial charge on any atom is -0.406 e. The van der Waals surface area contributed by atoms with Crippen LogP contribution in [0.25, 0.3) is 10.9 Å². The van der Waals surface area contributed by atoms with Gasteiger partial charge in [-0.1, -0.05) is 24.6 Å². The average Bonchev–Trinajstić information content (AvgIpc) is 2.79. The number of halogens is 3. The summed E-state index contributed by atoms with van der Waals surface area (Å²) in [6.45, 7) is 5.13. The van der Waals surface area contributed by atoms with Gasteiger partial charge < -0.3 is 9.64 Å². The third kappa shape index (κ3) is 6.36. The SMILES string of the molecule is FC(F)(F)Oc1ccc(CCCCCN2CCN(c3[c]cc4cccnc4c3)CC2)cc1. The fourth-order valence-corrected chi connectivity index (χ4v) is 4.09. The van der Waals surface area contributed by atoms with Crippen LogP contribution in [0.3, 0.4) is 0 Å². The van der Waals surface area contributed by atoms with Crippen molar-refractivity contribution in [1.82, 2.24) is 9.88 Å². The summed E-state index contributed by atoms with van der Waals surface area (Å²) in [5, 5.41) is 1.11. The van der Waals surface area contributed by atoms with E-state index in [0.29, 0.717) is 0 Å². The molecule has 4 nitrogen and oxygen atoms in total. The van der Waals surface area contributed by atoms with Crippen molar-refractivity contribution >= 4 is 16.6 Å². The first-order chi connectivity index (χ1) is 15.5. The summed E-state index contributed by atoms with van der Waals surface area (Å²) in [7, 11) is 0. The molecule has 1 aromatic heterocycles. The molecule has 169 valence electrons. The molecule has 2 heterocycles. The number of alkyl halides is 3. The van der Waals surface area contributed by atoms with Crippen molar-refractivity contribution in [3.63, 3.8) is 0 Å². The first kappa shape index (κ1) is 22.4. The summed E-state index contributed by atoms with van der Waals surface area (Å²) in [5.41, 5.74) is 3.16. The van der Waals surface area contributed by atoms with E-state index in [1.54, 1.807) is 12.1 Å². The van der Waals surface area contributed by atoms with Gasteiger partial charge in [0, 0.05) is 49.5 Å². The summed E-state index contributed by atoms with van der Waals surface area (Å²) in [5.74, 6) is -0.169. The van der Waals surface area contributed by atoms with Gasteiger partial charge in [-0.25, -0.2) is 0 Å². The molecular weight excluding hydrogens is 415 g/mol.